The molecule has 2 unspecified atom stereocenters. The van der Waals surface area contributed by atoms with E-state index in [0.29, 0.717) is 21.3 Å². The Morgan fingerprint density at radius 1 is 1.14 bits per heavy atom. The van der Waals surface area contributed by atoms with E-state index in [-0.39, 0.29) is 31.2 Å². The Hall–Kier alpha value is -3.50. The first-order chi connectivity index (χ1) is 16.9. The summed E-state index contributed by atoms with van der Waals surface area (Å²) in [5.74, 6) is -4.54. The van der Waals surface area contributed by atoms with Gasteiger partial charge in [0.25, 0.3) is 0 Å². The van der Waals surface area contributed by atoms with Crippen molar-refractivity contribution in [1.82, 2.24) is 0 Å². The quantitative estimate of drug-likeness (QED) is 0.405. The Morgan fingerprint density at radius 2 is 1.89 bits per heavy atom. The van der Waals surface area contributed by atoms with Gasteiger partial charge in [0, 0.05) is 22.8 Å². The standard InChI is InChI=1S/C25H23BrN2O7/c1-3-33-22(29)18-20(14-7-5-4-6-8-14)35-21(27)19(23(30)34-12-11-32-2)25(18)16-13-15(26)9-10-17(16)28-24(25)31/h4-10,13,19,27H,3,11-12H2,1-2H3,(H,28,31). The SMILES string of the molecule is CCOC(=O)C1=C(c2ccccc2)OC(=N)C(C(=O)OCCOC)C12C(=O)Nc1ccc(Br)cc12. The summed E-state index contributed by atoms with van der Waals surface area (Å²) < 4.78 is 22.1. The molecule has 2 aromatic rings. The number of nitrogens with one attached hydrogen (secondary N) is 2. The van der Waals surface area contributed by atoms with Crippen LogP contribution in [0.3, 0.4) is 0 Å². The molecule has 1 spiro atoms. The number of halogens is 1. The van der Waals surface area contributed by atoms with E-state index >= 15 is 0 Å². The van der Waals surface area contributed by atoms with Crippen LogP contribution in [0.1, 0.15) is 18.1 Å². The molecular formula is C25H23BrN2O7. The third kappa shape index (κ3) is 4.12. The number of anilines is 1. The molecule has 0 fully saturated rings. The van der Waals surface area contributed by atoms with Crippen molar-refractivity contribution in [3.8, 4) is 0 Å². The first-order valence-corrected chi connectivity index (χ1v) is 11.7. The van der Waals surface area contributed by atoms with Crippen molar-refractivity contribution in [2.75, 3.05) is 32.2 Å². The zero-order valence-corrected chi connectivity index (χ0v) is 20.6. The number of hydrogen-bond donors (Lipinski definition) is 2. The van der Waals surface area contributed by atoms with Crippen LogP contribution in [0.15, 0.2) is 58.6 Å². The van der Waals surface area contributed by atoms with E-state index in [9.17, 15) is 14.4 Å². The zero-order chi connectivity index (χ0) is 25.2. The summed E-state index contributed by atoms with van der Waals surface area (Å²) in [4.78, 5) is 40.8. The zero-order valence-electron chi connectivity index (χ0n) is 19.1. The van der Waals surface area contributed by atoms with Gasteiger partial charge >= 0.3 is 11.9 Å². The molecule has 0 saturated heterocycles. The minimum Gasteiger partial charge on any atom is -0.463 e. The lowest BCUT2D eigenvalue weighted by Crippen LogP contribution is -2.56. The van der Waals surface area contributed by atoms with Crippen LogP contribution in [0.5, 0.6) is 0 Å². The second kappa shape index (κ2) is 10.0. The topological polar surface area (TPSA) is 124 Å². The summed E-state index contributed by atoms with van der Waals surface area (Å²) in [6.45, 7) is 1.67. The van der Waals surface area contributed by atoms with E-state index in [1.807, 2.05) is 0 Å². The first-order valence-electron chi connectivity index (χ1n) is 10.9. The van der Waals surface area contributed by atoms with Crippen molar-refractivity contribution in [3.63, 3.8) is 0 Å². The number of esters is 2. The molecule has 2 atom stereocenters. The molecule has 2 aromatic carbocycles. The van der Waals surface area contributed by atoms with E-state index in [2.05, 4.69) is 21.2 Å². The van der Waals surface area contributed by atoms with Gasteiger partial charge in [-0.05, 0) is 30.7 Å². The summed E-state index contributed by atoms with van der Waals surface area (Å²) in [5.41, 5.74) is -0.964. The number of amides is 1. The summed E-state index contributed by atoms with van der Waals surface area (Å²) in [5, 5.41) is 11.5. The maximum atomic E-state index is 13.9. The van der Waals surface area contributed by atoms with E-state index < -0.39 is 35.1 Å². The molecule has 9 nitrogen and oxygen atoms in total. The lowest BCUT2D eigenvalue weighted by atomic mass is 9.63. The van der Waals surface area contributed by atoms with Gasteiger partial charge in [0.2, 0.25) is 11.8 Å². The fourth-order valence-corrected chi connectivity index (χ4v) is 4.77. The lowest BCUT2D eigenvalue weighted by Gasteiger charge is -2.40. The Labute approximate surface area is 210 Å². The monoisotopic (exact) mass is 542 g/mol. The highest BCUT2D eigenvalue weighted by Crippen LogP contribution is 2.54. The summed E-state index contributed by atoms with van der Waals surface area (Å²) in [7, 11) is 1.45. The van der Waals surface area contributed by atoms with Crippen LogP contribution >= 0.6 is 15.9 Å². The van der Waals surface area contributed by atoms with Gasteiger partial charge in [-0.25, -0.2) is 4.79 Å². The number of fused-ring (bicyclic) bond motifs is 2. The second-order valence-corrected chi connectivity index (χ2v) is 8.72. The van der Waals surface area contributed by atoms with Gasteiger partial charge in [0.05, 0.1) is 13.2 Å². The molecule has 0 radical (unpaired) electrons. The fraction of sp³-hybridized carbons (Fsp3) is 0.280. The van der Waals surface area contributed by atoms with Crippen molar-refractivity contribution in [2.45, 2.75) is 12.3 Å². The van der Waals surface area contributed by atoms with Gasteiger partial charge in [-0.2, -0.15) is 0 Å². The third-order valence-corrected chi connectivity index (χ3v) is 6.32. The van der Waals surface area contributed by atoms with E-state index in [4.69, 9.17) is 24.4 Å². The molecule has 4 rings (SSSR count). The predicted octanol–water partition coefficient (Wildman–Crippen LogP) is 3.43. The number of benzene rings is 2. The van der Waals surface area contributed by atoms with Crippen molar-refractivity contribution in [2.24, 2.45) is 5.92 Å². The number of rotatable bonds is 7. The molecule has 1 amide bonds. The highest BCUT2D eigenvalue weighted by molar-refractivity contribution is 9.10. The number of methoxy groups -OCH3 is 1. The number of carbonyl (C=O) groups is 3. The van der Waals surface area contributed by atoms with Crippen LogP contribution < -0.4 is 5.32 Å². The van der Waals surface area contributed by atoms with E-state index in [0.717, 1.165) is 0 Å². The maximum Gasteiger partial charge on any atom is 0.339 e. The van der Waals surface area contributed by atoms with Crippen LogP contribution in [-0.4, -0.2) is 50.7 Å². The summed E-state index contributed by atoms with van der Waals surface area (Å²) in [6, 6.07) is 13.6. The van der Waals surface area contributed by atoms with Gasteiger partial charge < -0.3 is 24.3 Å². The number of ether oxygens (including phenoxy) is 4. The molecule has 0 bridgehead atoms. The van der Waals surface area contributed by atoms with Crippen molar-refractivity contribution in [3.05, 3.63) is 69.7 Å². The molecule has 35 heavy (non-hydrogen) atoms. The molecule has 2 N–H and O–H groups in total. The average Bonchev–Trinajstić information content (AvgIpc) is 3.11. The Kier molecular flexibility index (Phi) is 7.04. The highest BCUT2D eigenvalue weighted by atomic mass is 79.9. The third-order valence-electron chi connectivity index (χ3n) is 5.82. The molecule has 10 heteroatoms. The Balaban J connectivity index is 2.06. The highest BCUT2D eigenvalue weighted by Gasteiger charge is 2.66. The maximum absolute atomic E-state index is 13.9. The van der Waals surface area contributed by atoms with Crippen molar-refractivity contribution >= 4 is 51.1 Å². The van der Waals surface area contributed by atoms with Gasteiger partial charge in [-0.15, -0.1) is 0 Å². The minimum atomic E-state index is -1.96. The van der Waals surface area contributed by atoms with Gasteiger partial charge in [-0.1, -0.05) is 46.3 Å². The van der Waals surface area contributed by atoms with E-state index in [1.54, 1.807) is 55.5 Å². The molecule has 0 saturated carbocycles. The number of carbonyl (C=O) groups excluding carboxylic acids is 3. The van der Waals surface area contributed by atoms with Crippen LogP contribution in [0.4, 0.5) is 5.69 Å². The van der Waals surface area contributed by atoms with Gasteiger partial charge in [-0.3, -0.25) is 15.0 Å². The molecule has 2 aliphatic rings. The van der Waals surface area contributed by atoms with Crippen molar-refractivity contribution < 1.29 is 33.3 Å². The molecule has 2 aliphatic heterocycles. The van der Waals surface area contributed by atoms with Crippen LogP contribution in [0.25, 0.3) is 5.76 Å². The predicted molar refractivity (Wildman–Crippen MR) is 130 cm³/mol. The second-order valence-electron chi connectivity index (χ2n) is 7.80. The van der Waals surface area contributed by atoms with Gasteiger partial charge in [0.1, 0.15) is 23.4 Å². The lowest BCUT2D eigenvalue weighted by molar-refractivity contribution is -0.152. The molecule has 0 aromatic heterocycles. The molecule has 2 heterocycles. The van der Waals surface area contributed by atoms with Crippen LogP contribution in [-0.2, 0) is 38.7 Å². The largest absolute Gasteiger partial charge is 0.463 e. The summed E-state index contributed by atoms with van der Waals surface area (Å²) in [6.07, 6.45) is 0. The molecule has 0 aliphatic carbocycles. The molecule has 182 valence electrons. The average molecular weight is 543 g/mol. The first kappa shape index (κ1) is 24.6. The minimum absolute atomic E-state index is 0.0217. The fourth-order valence-electron chi connectivity index (χ4n) is 4.41. The van der Waals surface area contributed by atoms with Gasteiger partial charge in [0.15, 0.2) is 5.92 Å². The normalized spacial score (nSPS) is 20.8. The smallest absolute Gasteiger partial charge is 0.339 e. The van der Waals surface area contributed by atoms with Crippen LogP contribution in [0, 0.1) is 11.3 Å². The van der Waals surface area contributed by atoms with Crippen LogP contribution in [0.2, 0.25) is 0 Å². The Bertz CT molecular complexity index is 1230. The number of hydrogen-bond acceptors (Lipinski definition) is 8. The summed E-state index contributed by atoms with van der Waals surface area (Å²) >= 11 is 3.42. The van der Waals surface area contributed by atoms with E-state index in [1.165, 1.54) is 7.11 Å². The van der Waals surface area contributed by atoms with Crippen molar-refractivity contribution in [1.29, 1.82) is 5.41 Å². The Morgan fingerprint density at radius 3 is 2.57 bits per heavy atom. The molecular weight excluding hydrogens is 520 g/mol.